The minimum atomic E-state index is -0.0549. The Morgan fingerprint density at radius 3 is 2.55 bits per heavy atom. The van der Waals surface area contributed by atoms with Crippen LogP contribution in [0, 0.1) is 5.92 Å². The number of para-hydroxylation sites is 2. The number of nitrogens with zero attached hydrogens (tertiary/aromatic N) is 4. The second kappa shape index (κ2) is 9.62. The quantitative estimate of drug-likeness (QED) is 0.605. The molecule has 3 aromatic rings. The normalized spacial score (nSPS) is 19.2. The minimum Gasteiger partial charge on any atom is -0.371 e. The number of piperazine rings is 1. The number of carbonyl (C=O) groups is 2. The fraction of sp³-hybridized carbons (Fsp3) is 0.400. The number of benzene rings is 2. The largest absolute Gasteiger partial charge is 0.371 e. The van der Waals surface area contributed by atoms with Gasteiger partial charge in [-0.1, -0.05) is 36.4 Å². The Balaban J connectivity index is 1.05. The summed E-state index contributed by atoms with van der Waals surface area (Å²) in [6, 6.07) is 18.1. The number of fused-ring (bicyclic) bond motifs is 1. The topological polar surface area (TPSA) is 84.6 Å². The van der Waals surface area contributed by atoms with Crippen LogP contribution in [-0.4, -0.2) is 84.2 Å². The van der Waals surface area contributed by atoms with Gasteiger partial charge in [0.05, 0.1) is 12.1 Å². The molecule has 5 rings (SSSR count). The zero-order chi connectivity index (χ0) is 22.6. The number of rotatable bonds is 6. The zero-order valence-corrected chi connectivity index (χ0v) is 18.7. The summed E-state index contributed by atoms with van der Waals surface area (Å²) in [6.07, 6.45) is 1.10. The molecule has 8 nitrogen and oxygen atoms in total. The molecule has 33 heavy (non-hydrogen) atoms. The lowest BCUT2D eigenvalue weighted by atomic mass is 10.1. The van der Waals surface area contributed by atoms with Crippen LogP contribution >= 0.6 is 0 Å². The molecule has 3 heterocycles. The van der Waals surface area contributed by atoms with E-state index in [0.717, 1.165) is 30.4 Å². The lowest BCUT2D eigenvalue weighted by Gasteiger charge is -2.34. The highest BCUT2D eigenvalue weighted by Gasteiger charge is 2.27. The van der Waals surface area contributed by atoms with Crippen molar-refractivity contribution >= 4 is 28.4 Å². The summed E-state index contributed by atoms with van der Waals surface area (Å²) in [5.74, 6) is 0.485. The number of aromatic amines is 1. The third-order valence-electron chi connectivity index (χ3n) is 6.69. The number of anilines is 1. The second-order valence-corrected chi connectivity index (χ2v) is 8.93. The van der Waals surface area contributed by atoms with Gasteiger partial charge in [0.2, 0.25) is 5.91 Å². The highest BCUT2D eigenvalue weighted by atomic mass is 16.2. The Hall–Kier alpha value is -3.39. The highest BCUT2D eigenvalue weighted by molar-refractivity contribution is 6.04. The predicted octanol–water partition coefficient (Wildman–Crippen LogP) is 1.96. The molecule has 0 saturated carbocycles. The molecule has 0 aliphatic carbocycles. The summed E-state index contributed by atoms with van der Waals surface area (Å²) in [7, 11) is 0. The van der Waals surface area contributed by atoms with Gasteiger partial charge >= 0.3 is 0 Å². The molecule has 1 unspecified atom stereocenters. The SMILES string of the molecule is O=C(CN1CCN(C(=O)c2n[nH]c3ccccc23)CC1)NCC1CCN(c2ccccc2)C1. The van der Waals surface area contributed by atoms with E-state index >= 15 is 0 Å². The van der Waals surface area contributed by atoms with Crippen molar-refractivity contribution in [2.45, 2.75) is 6.42 Å². The monoisotopic (exact) mass is 446 g/mol. The van der Waals surface area contributed by atoms with E-state index in [0.29, 0.717) is 50.9 Å². The van der Waals surface area contributed by atoms with E-state index in [4.69, 9.17) is 0 Å². The Morgan fingerprint density at radius 2 is 1.73 bits per heavy atom. The highest BCUT2D eigenvalue weighted by Crippen LogP contribution is 2.23. The molecule has 2 saturated heterocycles. The molecule has 2 fully saturated rings. The molecule has 0 radical (unpaired) electrons. The van der Waals surface area contributed by atoms with Crippen LogP contribution < -0.4 is 10.2 Å². The number of carbonyl (C=O) groups excluding carboxylic acids is 2. The van der Waals surface area contributed by atoms with Gasteiger partial charge in [-0.3, -0.25) is 19.6 Å². The second-order valence-electron chi connectivity index (χ2n) is 8.93. The fourth-order valence-corrected chi connectivity index (χ4v) is 4.78. The van der Waals surface area contributed by atoms with Crippen LogP contribution in [0.5, 0.6) is 0 Å². The van der Waals surface area contributed by atoms with Crippen LogP contribution in [-0.2, 0) is 4.79 Å². The molecule has 172 valence electrons. The smallest absolute Gasteiger partial charge is 0.275 e. The minimum absolute atomic E-state index is 0.0549. The predicted molar refractivity (Wildman–Crippen MR) is 128 cm³/mol. The summed E-state index contributed by atoms with van der Waals surface area (Å²) in [5.41, 5.74) is 2.59. The molecule has 2 aromatic carbocycles. The average Bonchev–Trinajstić information content (AvgIpc) is 3.51. The molecule has 2 aliphatic heterocycles. The Kier molecular flexibility index (Phi) is 6.26. The van der Waals surface area contributed by atoms with Gasteiger partial charge < -0.3 is 15.1 Å². The lowest BCUT2D eigenvalue weighted by molar-refractivity contribution is -0.122. The molecule has 2 N–H and O–H groups in total. The first-order valence-corrected chi connectivity index (χ1v) is 11.7. The molecule has 0 bridgehead atoms. The van der Waals surface area contributed by atoms with Crippen molar-refractivity contribution in [1.82, 2.24) is 25.3 Å². The van der Waals surface area contributed by atoms with Gasteiger partial charge in [-0.25, -0.2) is 0 Å². The first-order chi connectivity index (χ1) is 16.2. The maximum Gasteiger partial charge on any atom is 0.275 e. The van der Waals surface area contributed by atoms with Crippen molar-refractivity contribution < 1.29 is 9.59 Å². The van der Waals surface area contributed by atoms with Gasteiger partial charge in [-0.15, -0.1) is 0 Å². The van der Waals surface area contributed by atoms with Crippen LogP contribution in [0.4, 0.5) is 5.69 Å². The van der Waals surface area contributed by atoms with Gasteiger partial charge in [-0.2, -0.15) is 5.10 Å². The van der Waals surface area contributed by atoms with Gasteiger partial charge in [0, 0.05) is 56.9 Å². The third kappa shape index (κ3) is 4.85. The van der Waals surface area contributed by atoms with E-state index in [1.807, 2.05) is 35.2 Å². The van der Waals surface area contributed by atoms with E-state index in [1.54, 1.807) is 0 Å². The number of H-pyrrole nitrogens is 1. The molecule has 2 amide bonds. The summed E-state index contributed by atoms with van der Waals surface area (Å²) < 4.78 is 0. The van der Waals surface area contributed by atoms with Crippen LogP contribution in [0.25, 0.3) is 10.9 Å². The molecule has 1 atom stereocenters. The van der Waals surface area contributed by atoms with Crippen LogP contribution in [0.1, 0.15) is 16.9 Å². The molecule has 1 aromatic heterocycles. The van der Waals surface area contributed by atoms with Crippen molar-refractivity contribution in [3.8, 4) is 0 Å². The molecular weight excluding hydrogens is 416 g/mol. The van der Waals surface area contributed by atoms with Crippen molar-refractivity contribution in [2.75, 3.05) is 57.3 Å². The first-order valence-electron chi connectivity index (χ1n) is 11.7. The van der Waals surface area contributed by atoms with Crippen LogP contribution in [0.2, 0.25) is 0 Å². The Bertz CT molecular complexity index is 1110. The molecular formula is C25H30N6O2. The summed E-state index contributed by atoms with van der Waals surface area (Å²) in [5, 5.41) is 11.1. The Labute approximate surface area is 193 Å². The maximum atomic E-state index is 12.9. The average molecular weight is 447 g/mol. The van der Waals surface area contributed by atoms with Crippen LogP contribution in [0.15, 0.2) is 54.6 Å². The molecule has 0 spiro atoms. The summed E-state index contributed by atoms with van der Waals surface area (Å²) in [4.78, 5) is 31.8. The maximum absolute atomic E-state index is 12.9. The summed E-state index contributed by atoms with van der Waals surface area (Å²) in [6.45, 7) is 5.68. The first kappa shape index (κ1) is 21.5. The van der Waals surface area contributed by atoms with E-state index < -0.39 is 0 Å². The van der Waals surface area contributed by atoms with Crippen molar-refractivity contribution in [3.63, 3.8) is 0 Å². The standard InChI is InChI=1S/C25H30N6O2/c32-23(26-16-19-10-11-31(17-19)20-6-2-1-3-7-20)18-29-12-14-30(15-13-29)25(33)24-21-8-4-5-9-22(21)27-28-24/h1-9,19H,10-18H2,(H,26,32)(H,27,28). The number of nitrogens with one attached hydrogen (secondary N) is 2. The van der Waals surface area contributed by atoms with Gasteiger partial charge in [-0.05, 0) is 30.5 Å². The van der Waals surface area contributed by atoms with Crippen molar-refractivity contribution in [3.05, 3.63) is 60.3 Å². The van der Waals surface area contributed by atoms with E-state index in [9.17, 15) is 9.59 Å². The molecule has 8 heteroatoms. The molecule has 2 aliphatic rings. The number of aromatic nitrogens is 2. The van der Waals surface area contributed by atoms with E-state index in [2.05, 4.69) is 49.6 Å². The number of hydrogen-bond donors (Lipinski definition) is 2. The van der Waals surface area contributed by atoms with Crippen molar-refractivity contribution in [2.24, 2.45) is 5.92 Å². The number of amides is 2. The zero-order valence-electron chi connectivity index (χ0n) is 18.7. The van der Waals surface area contributed by atoms with E-state index in [-0.39, 0.29) is 11.8 Å². The van der Waals surface area contributed by atoms with Gasteiger partial charge in [0.25, 0.3) is 5.91 Å². The fourth-order valence-electron chi connectivity index (χ4n) is 4.78. The van der Waals surface area contributed by atoms with E-state index in [1.165, 1.54) is 5.69 Å². The third-order valence-corrected chi connectivity index (χ3v) is 6.69. The number of hydrogen-bond acceptors (Lipinski definition) is 5. The van der Waals surface area contributed by atoms with Crippen LogP contribution in [0.3, 0.4) is 0 Å². The Morgan fingerprint density at radius 1 is 0.970 bits per heavy atom. The summed E-state index contributed by atoms with van der Waals surface area (Å²) >= 11 is 0. The lowest BCUT2D eigenvalue weighted by Crippen LogP contribution is -2.51. The van der Waals surface area contributed by atoms with Gasteiger partial charge in [0.15, 0.2) is 5.69 Å². The van der Waals surface area contributed by atoms with Crippen molar-refractivity contribution in [1.29, 1.82) is 0 Å². The van der Waals surface area contributed by atoms with Gasteiger partial charge in [0.1, 0.15) is 0 Å².